The van der Waals surface area contributed by atoms with E-state index in [0.717, 1.165) is 57.8 Å². The highest BCUT2D eigenvalue weighted by atomic mass is 16.6. The van der Waals surface area contributed by atoms with E-state index in [1.807, 2.05) is 0 Å². The normalized spacial score (nSPS) is 11.9. The Hall–Kier alpha value is -1.59. The van der Waals surface area contributed by atoms with Crippen LogP contribution in [0.5, 0.6) is 0 Å². The lowest BCUT2D eigenvalue weighted by Crippen LogP contribution is -2.30. The molecule has 0 radical (unpaired) electrons. The quantitative estimate of drug-likeness (QED) is 0.0343. The molecule has 1 atom stereocenters. The first-order valence-corrected chi connectivity index (χ1v) is 38.5. The minimum absolute atomic E-state index is 0.0598. The van der Waals surface area contributed by atoms with Crippen LogP contribution in [0.1, 0.15) is 457 Å². The SMILES string of the molecule is CCCCCCCCCCCCCCCCCCCCCCCCCCCCCC(=O)OCC(COC(=O)CCCCCCCCCCCCCCCCCC)OC(=O)CCCCCCCCCCCCCCCCCCCCCCCC. The van der Waals surface area contributed by atoms with E-state index < -0.39 is 6.10 Å². The van der Waals surface area contributed by atoms with Crippen molar-refractivity contribution in [2.45, 2.75) is 463 Å². The topological polar surface area (TPSA) is 78.9 Å². The summed E-state index contributed by atoms with van der Waals surface area (Å²) in [5.74, 6) is -0.813. The number of rotatable bonds is 73. The number of hydrogen-bond acceptors (Lipinski definition) is 6. The van der Waals surface area contributed by atoms with Gasteiger partial charge in [0.15, 0.2) is 6.10 Å². The third kappa shape index (κ3) is 71.1. The molecule has 0 fully saturated rings. The molecule has 0 aliphatic heterocycles. The van der Waals surface area contributed by atoms with Crippen LogP contribution in [0.3, 0.4) is 0 Å². The second-order valence-electron chi connectivity index (χ2n) is 26.6. The van der Waals surface area contributed by atoms with Crippen LogP contribution in [0.4, 0.5) is 0 Å². The van der Waals surface area contributed by atoms with Crippen LogP contribution < -0.4 is 0 Å². The maximum Gasteiger partial charge on any atom is 0.306 e. The Morgan fingerprint density at radius 1 is 0.193 bits per heavy atom. The molecule has 0 aromatic rings. The Morgan fingerprint density at radius 2 is 0.325 bits per heavy atom. The van der Waals surface area contributed by atoms with Crippen molar-refractivity contribution >= 4 is 17.9 Å². The minimum atomic E-state index is -0.764. The first kappa shape index (κ1) is 81.4. The zero-order chi connectivity index (χ0) is 59.9. The highest BCUT2D eigenvalue weighted by molar-refractivity contribution is 5.71. The van der Waals surface area contributed by atoms with E-state index >= 15 is 0 Å². The van der Waals surface area contributed by atoms with Gasteiger partial charge in [0.2, 0.25) is 0 Å². The number of esters is 3. The zero-order valence-electron chi connectivity index (χ0n) is 57.0. The molecule has 0 aromatic carbocycles. The highest BCUT2D eigenvalue weighted by Gasteiger charge is 2.20. The van der Waals surface area contributed by atoms with Gasteiger partial charge >= 0.3 is 17.9 Å². The molecule has 1 unspecified atom stereocenters. The molecule has 83 heavy (non-hydrogen) atoms. The lowest BCUT2D eigenvalue weighted by Gasteiger charge is -2.18. The van der Waals surface area contributed by atoms with Crippen LogP contribution in [-0.4, -0.2) is 37.2 Å². The molecular weight excluding hydrogens is 1020 g/mol. The molecule has 0 rings (SSSR count). The minimum Gasteiger partial charge on any atom is -0.462 e. The number of carbonyl (C=O) groups excluding carboxylic acids is 3. The van der Waals surface area contributed by atoms with Gasteiger partial charge in [-0.05, 0) is 19.3 Å². The Bertz CT molecular complexity index is 1250. The third-order valence-electron chi connectivity index (χ3n) is 18.1. The Balaban J connectivity index is 4.20. The standard InChI is InChI=1S/C77H150O6/c1-4-7-10-13-16-19-22-25-28-31-33-35-37-38-39-40-41-43-44-46-49-52-55-58-61-64-67-70-76(79)82-73-74(72-81-75(78)69-66-63-60-57-54-51-48-30-27-24-21-18-15-12-9-6-3)83-77(80)71-68-65-62-59-56-53-50-47-45-42-36-34-32-29-26-23-20-17-14-11-8-5-2/h74H,4-73H2,1-3H3. The molecule has 0 saturated carbocycles. The summed E-state index contributed by atoms with van der Waals surface area (Å²) in [5.41, 5.74) is 0. The smallest absolute Gasteiger partial charge is 0.306 e. The maximum atomic E-state index is 13.0. The van der Waals surface area contributed by atoms with E-state index in [-0.39, 0.29) is 31.1 Å². The van der Waals surface area contributed by atoms with Crippen molar-refractivity contribution in [3.8, 4) is 0 Å². The average molecular weight is 1170 g/mol. The lowest BCUT2D eigenvalue weighted by atomic mass is 10.0. The van der Waals surface area contributed by atoms with Gasteiger partial charge in [-0.25, -0.2) is 0 Å². The van der Waals surface area contributed by atoms with Crippen LogP contribution in [0.25, 0.3) is 0 Å². The van der Waals surface area contributed by atoms with Gasteiger partial charge in [0.05, 0.1) is 0 Å². The van der Waals surface area contributed by atoms with Gasteiger partial charge < -0.3 is 14.2 Å². The van der Waals surface area contributed by atoms with Gasteiger partial charge in [-0.15, -0.1) is 0 Å². The number of ether oxygens (including phenoxy) is 3. The summed E-state index contributed by atoms with van der Waals surface area (Å²) in [6.45, 7) is 6.76. The van der Waals surface area contributed by atoms with Gasteiger partial charge in [0.1, 0.15) is 13.2 Å². The van der Waals surface area contributed by atoms with E-state index in [0.29, 0.717) is 19.3 Å². The van der Waals surface area contributed by atoms with E-state index in [2.05, 4.69) is 20.8 Å². The van der Waals surface area contributed by atoms with Gasteiger partial charge in [-0.1, -0.05) is 419 Å². The molecule has 0 amide bonds. The van der Waals surface area contributed by atoms with Gasteiger partial charge in [0, 0.05) is 19.3 Å². The van der Waals surface area contributed by atoms with Crippen molar-refractivity contribution in [2.75, 3.05) is 13.2 Å². The summed E-state index contributed by atoms with van der Waals surface area (Å²) < 4.78 is 17.1. The second-order valence-corrected chi connectivity index (χ2v) is 26.6. The first-order chi connectivity index (χ1) is 41.0. The molecule has 0 N–H and O–H groups in total. The molecule has 6 heteroatoms. The molecule has 0 saturated heterocycles. The molecule has 494 valence electrons. The molecule has 6 nitrogen and oxygen atoms in total. The summed E-state index contributed by atoms with van der Waals surface area (Å²) in [7, 11) is 0. The molecular formula is C77H150O6. The van der Waals surface area contributed by atoms with Crippen LogP contribution >= 0.6 is 0 Å². The van der Waals surface area contributed by atoms with Crippen molar-refractivity contribution < 1.29 is 28.6 Å². The van der Waals surface area contributed by atoms with Crippen LogP contribution in [0.2, 0.25) is 0 Å². The average Bonchev–Trinajstić information content (AvgIpc) is 3.49. The van der Waals surface area contributed by atoms with Crippen molar-refractivity contribution in [1.29, 1.82) is 0 Å². The number of unbranched alkanes of at least 4 members (excludes halogenated alkanes) is 62. The monoisotopic (exact) mass is 1170 g/mol. The van der Waals surface area contributed by atoms with E-state index in [9.17, 15) is 14.4 Å². The Labute approximate surface area is 520 Å². The maximum absolute atomic E-state index is 13.0. The van der Waals surface area contributed by atoms with Crippen molar-refractivity contribution in [1.82, 2.24) is 0 Å². The van der Waals surface area contributed by atoms with Crippen molar-refractivity contribution in [3.63, 3.8) is 0 Å². The Morgan fingerprint density at radius 3 is 0.482 bits per heavy atom. The lowest BCUT2D eigenvalue weighted by molar-refractivity contribution is -0.167. The van der Waals surface area contributed by atoms with Gasteiger partial charge in [-0.3, -0.25) is 14.4 Å². The largest absolute Gasteiger partial charge is 0.462 e. The van der Waals surface area contributed by atoms with E-state index in [1.165, 1.54) is 360 Å². The van der Waals surface area contributed by atoms with Crippen LogP contribution in [-0.2, 0) is 28.6 Å². The van der Waals surface area contributed by atoms with E-state index in [1.54, 1.807) is 0 Å². The van der Waals surface area contributed by atoms with E-state index in [4.69, 9.17) is 14.2 Å². The summed E-state index contributed by atoms with van der Waals surface area (Å²) in [6.07, 6.45) is 87.3. The van der Waals surface area contributed by atoms with Crippen molar-refractivity contribution in [3.05, 3.63) is 0 Å². The fourth-order valence-corrected chi connectivity index (χ4v) is 12.3. The second kappa shape index (κ2) is 72.9. The molecule has 0 spiro atoms. The fraction of sp³-hybridized carbons (Fsp3) is 0.961. The molecule has 0 aliphatic rings. The summed E-state index contributed by atoms with van der Waals surface area (Å²) in [5, 5.41) is 0. The Kier molecular flexibility index (Phi) is 71.5. The van der Waals surface area contributed by atoms with Gasteiger partial charge in [-0.2, -0.15) is 0 Å². The summed E-state index contributed by atoms with van der Waals surface area (Å²) in [4.78, 5) is 38.6. The molecule has 0 heterocycles. The molecule has 0 aromatic heterocycles. The fourth-order valence-electron chi connectivity index (χ4n) is 12.3. The predicted molar refractivity (Wildman–Crippen MR) is 363 cm³/mol. The van der Waals surface area contributed by atoms with Crippen LogP contribution in [0.15, 0.2) is 0 Å². The summed E-state index contributed by atoms with van der Waals surface area (Å²) >= 11 is 0. The van der Waals surface area contributed by atoms with Gasteiger partial charge in [0.25, 0.3) is 0 Å². The first-order valence-electron chi connectivity index (χ1n) is 38.5. The predicted octanol–water partition coefficient (Wildman–Crippen LogP) is 26.6. The number of carbonyl (C=O) groups is 3. The third-order valence-corrected chi connectivity index (χ3v) is 18.1. The number of hydrogen-bond donors (Lipinski definition) is 0. The molecule has 0 bridgehead atoms. The zero-order valence-corrected chi connectivity index (χ0v) is 57.0. The van der Waals surface area contributed by atoms with Crippen molar-refractivity contribution in [2.24, 2.45) is 0 Å². The summed E-state index contributed by atoms with van der Waals surface area (Å²) in [6, 6.07) is 0. The molecule has 0 aliphatic carbocycles. The van der Waals surface area contributed by atoms with Crippen LogP contribution in [0, 0.1) is 0 Å². The highest BCUT2D eigenvalue weighted by Crippen LogP contribution is 2.20.